The number of hydrogen-bond donors (Lipinski definition) is 2. The Morgan fingerprint density at radius 1 is 0.710 bits per heavy atom. The van der Waals surface area contributed by atoms with E-state index in [4.69, 9.17) is 0 Å². The molecule has 150 valence electrons. The first kappa shape index (κ1) is 18.4. The zero-order chi connectivity index (χ0) is 21.3. The van der Waals surface area contributed by atoms with E-state index in [1.54, 1.807) is 12.1 Å². The molecule has 3 nitrogen and oxygen atoms in total. The van der Waals surface area contributed by atoms with Crippen LogP contribution in [0.1, 0.15) is 25.0 Å². The van der Waals surface area contributed by atoms with E-state index in [1.165, 1.54) is 38.5 Å². The van der Waals surface area contributed by atoms with E-state index in [0.717, 1.165) is 11.2 Å². The van der Waals surface area contributed by atoms with E-state index in [-0.39, 0.29) is 5.41 Å². The normalized spacial score (nSPS) is 14.1. The van der Waals surface area contributed by atoms with E-state index >= 15 is 0 Å². The smallest absolute Gasteiger partial charge is 0.423 e. The molecule has 0 saturated carbocycles. The van der Waals surface area contributed by atoms with Crippen molar-refractivity contribution in [3.05, 3.63) is 96.1 Å². The van der Waals surface area contributed by atoms with Crippen molar-refractivity contribution in [1.82, 2.24) is 4.57 Å². The van der Waals surface area contributed by atoms with Crippen molar-refractivity contribution in [2.75, 3.05) is 0 Å². The summed E-state index contributed by atoms with van der Waals surface area (Å²) in [6.07, 6.45) is 0. The maximum Gasteiger partial charge on any atom is 0.488 e. The Bertz CT molecular complexity index is 1480. The van der Waals surface area contributed by atoms with E-state index in [9.17, 15) is 10.0 Å². The van der Waals surface area contributed by atoms with Crippen LogP contribution in [0.4, 0.5) is 0 Å². The lowest BCUT2D eigenvalue weighted by atomic mass is 9.80. The van der Waals surface area contributed by atoms with E-state index in [0.29, 0.717) is 5.46 Å². The summed E-state index contributed by atoms with van der Waals surface area (Å²) in [6.45, 7) is 4.62. The summed E-state index contributed by atoms with van der Waals surface area (Å²) >= 11 is 0. The number of nitrogens with zero attached hydrogens (tertiary/aromatic N) is 1. The van der Waals surface area contributed by atoms with Gasteiger partial charge in [-0.05, 0) is 45.9 Å². The molecule has 5 aromatic rings. The molecule has 0 radical (unpaired) electrons. The third-order valence-electron chi connectivity index (χ3n) is 6.80. The molecule has 1 heterocycles. The summed E-state index contributed by atoms with van der Waals surface area (Å²) in [4.78, 5) is 0. The molecule has 0 spiro atoms. The lowest BCUT2D eigenvalue weighted by molar-refractivity contribution is 0.426. The Morgan fingerprint density at radius 3 is 2.19 bits per heavy atom. The molecule has 0 atom stereocenters. The Hall–Kier alpha value is -3.34. The van der Waals surface area contributed by atoms with Crippen molar-refractivity contribution in [3.63, 3.8) is 0 Å². The number of hydrogen-bond acceptors (Lipinski definition) is 2. The third-order valence-corrected chi connectivity index (χ3v) is 6.80. The van der Waals surface area contributed by atoms with Crippen LogP contribution < -0.4 is 5.46 Å². The number of benzene rings is 4. The van der Waals surface area contributed by atoms with Crippen molar-refractivity contribution in [1.29, 1.82) is 0 Å². The fourth-order valence-electron chi connectivity index (χ4n) is 5.38. The maximum absolute atomic E-state index is 9.53. The summed E-state index contributed by atoms with van der Waals surface area (Å²) in [5.74, 6) is 0. The molecule has 31 heavy (non-hydrogen) atoms. The molecule has 0 saturated heterocycles. The summed E-state index contributed by atoms with van der Waals surface area (Å²) in [5.41, 5.74) is 9.03. The highest BCUT2D eigenvalue weighted by Gasteiger charge is 2.38. The monoisotopic (exact) mass is 403 g/mol. The summed E-state index contributed by atoms with van der Waals surface area (Å²) in [7, 11) is -1.47. The van der Waals surface area contributed by atoms with Gasteiger partial charge in [-0.2, -0.15) is 0 Å². The molecule has 4 heteroatoms. The van der Waals surface area contributed by atoms with Gasteiger partial charge in [0.25, 0.3) is 0 Å². The number of aromatic nitrogens is 1. The van der Waals surface area contributed by atoms with E-state index < -0.39 is 7.12 Å². The Kier molecular flexibility index (Phi) is 3.77. The first-order valence-electron chi connectivity index (χ1n) is 10.6. The van der Waals surface area contributed by atoms with Gasteiger partial charge < -0.3 is 14.6 Å². The highest BCUT2D eigenvalue weighted by molar-refractivity contribution is 6.58. The van der Waals surface area contributed by atoms with Gasteiger partial charge in [-0.15, -0.1) is 0 Å². The minimum atomic E-state index is -1.47. The van der Waals surface area contributed by atoms with E-state index in [1.807, 2.05) is 12.1 Å². The van der Waals surface area contributed by atoms with Crippen molar-refractivity contribution < 1.29 is 10.0 Å². The molecule has 4 aromatic carbocycles. The second kappa shape index (κ2) is 6.33. The largest absolute Gasteiger partial charge is 0.488 e. The van der Waals surface area contributed by atoms with Crippen molar-refractivity contribution >= 4 is 34.4 Å². The van der Waals surface area contributed by atoms with Crippen LogP contribution >= 0.6 is 0 Å². The molecule has 0 bridgehead atoms. The van der Waals surface area contributed by atoms with Gasteiger partial charge in [0.2, 0.25) is 0 Å². The van der Waals surface area contributed by atoms with Gasteiger partial charge in [0.1, 0.15) is 0 Å². The standard InChI is InChI=1S/C27H22BNO2/c1-27(2)23-9-5-3-7-19(23)21-15-16-22-20-8-4-6-10-24(20)29(26(22)25(21)27)18-13-11-17(12-14-18)28(30)31/h3-16,30-31H,1-2H3. The first-order valence-corrected chi connectivity index (χ1v) is 10.6. The minimum absolute atomic E-state index is 0.126. The van der Waals surface area contributed by atoms with Gasteiger partial charge in [0.05, 0.1) is 11.0 Å². The van der Waals surface area contributed by atoms with Crippen LogP contribution in [0.15, 0.2) is 84.9 Å². The lowest BCUT2D eigenvalue weighted by Crippen LogP contribution is -2.29. The van der Waals surface area contributed by atoms with Gasteiger partial charge >= 0.3 is 7.12 Å². The second-order valence-electron chi connectivity index (χ2n) is 8.87. The maximum atomic E-state index is 9.53. The Morgan fingerprint density at radius 2 is 1.42 bits per heavy atom. The van der Waals surface area contributed by atoms with Gasteiger partial charge in [0.15, 0.2) is 0 Å². The summed E-state index contributed by atoms with van der Waals surface area (Å²) in [6, 6.07) is 29.2. The highest BCUT2D eigenvalue weighted by Crippen LogP contribution is 2.52. The van der Waals surface area contributed by atoms with Crippen LogP contribution in [0.2, 0.25) is 0 Å². The molecule has 0 aliphatic heterocycles. The quantitative estimate of drug-likeness (QED) is 0.417. The zero-order valence-corrected chi connectivity index (χ0v) is 17.5. The average molecular weight is 403 g/mol. The molecular formula is C27H22BNO2. The van der Waals surface area contributed by atoms with Crippen LogP contribution in [0.5, 0.6) is 0 Å². The molecule has 1 aromatic heterocycles. The fourth-order valence-corrected chi connectivity index (χ4v) is 5.38. The number of fused-ring (bicyclic) bond motifs is 7. The molecule has 2 N–H and O–H groups in total. The molecule has 0 fully saturated rings. The molecule has 0 amide bonds. The van der Waals surface area contributed by atoms with Gasteiger partial charge in [-0.3, -0.25) is 0 Å². The second-order valence-corrected chi connectivity index (χ2v) is 8.87. The van der Waals surface area contributed by atoms with Crippen molar-refractivity contribution in [2.45, 2.75) is 19.3 Å². The van der Waals surface area contributed by atoms with E-state index in [2.05, 4.69) is 79.1 Å². The highest BCUT2D eigenvalue weighted by atomic mass is 16.4. The number of rotatable bonds is 2. The van der Waals surface area contributed by atoms with Crippen LogP contribution in [0, 0.1) is 0 Å². The summed E-state index contributed by atoms with van der Waals surface area (Å²) < 4.78 is 2.32. The zero-order valence-electron chi connectivity index (χ0n) is 17.5. The Labute approximate surface area is 181 Å². The van der Waals surface area contributed by atoms with Gasteiger partial charge in [-0.25, -0.2) is 0 Å². The molecule has 6 rings (SSSR count). The van der Waals surface area contributed by atoms with Crippen molar-refractivity contribution in [2.24, 2.45) is 0 Å². The van der Waals surface area contributed by atoms with Gasteiger partial charge in [-0.1, -0.05) is 80.6 Å². The lowest BCUT2D eigenvalue weighted by Gasteiger charge is -2.23. The molecule has 0 unspecified atom stereocenters. The first-order chi connectivity index (χ1) is 15.0. The SMILES string of the molecule is CC1(C)c2ccccc2-c2ccc3c4ccccc4n(-c4ccc(B(O)O)cc4)c3c21. The van der Waals surface area contributed by atoms with Crippen molar-refractivity contribution in [3.8, 4) is 16.8 Å². The van der Waals surface area contributed by atoms with Crippen LogP contribution in [0.25, 0.3) is 38.6 Å². The predicted molar refractivity (Wildman–Crippen MR) is 128 cm³/mol. The van der Waals surface area contributed by atoms with Gasteiger partial charge in [0, 0.05) is 21.9 Å². The minimum Gasteiger partial charge on any atom is -0.423 e. The molecule has 1 aliphatic rings. The van der Waals surface area contributed by atoms with Crippen LogP contribution in [0.3, 0.4) is 0 Å². The Balaban J connectivity index is 1.76. The molecule has 1 aliphatic carbocycles. The van der Waals surface area contributed by atoms with Crippen LogP contribution in [-0.4, -0.2) is 21.7 Å². The van der Waals surface area contributed by atoms with Crippen LogP contribution in [-0.2, 0) is 5.41 Å². The fraction of sp³-hybridized carbons (Fsp3) is 0.111. The molecular weight excluding hydrogens is 381 g/mol. The third kappa shape index (κ3) is 2.43. The summed E-state index contributed by atoms with van der Waals surface area (Å²) in [5, 5.41) is 21.5. The number of para-hydroxylation sites is 1. The average Bonchev–Trinajstić information content (AvgIpc) is 3.24. The topological polar surface area (TPSA) is 45.4 Å². The predicted octanol–water partition coefficient (Wildman–Crippen LogP) is 4.77.